The van der Waals surface area contributed by atoms with Crippen LogP contribution in [0.15, 0.2) is 18.2 Å². The number of aromatic nitrogens is 2. The monoisotopic (exact) mass is 363 g/mol. The topological polar surface area (TPSA) is 99.6 Å². The summed E-state index contributed by atoms with van der Waals surface area (Å²) in [6, 6.07) is 5.42. The molecule has 1 aliphatic heterocycles. The molecular formula is C16H17N3O5S. The number of rotatable bonds is 6. The zero-order valence-electron chi connectivity index (χ0n) is 13.8. The molecule has 1 atom stereocenters. The van der Waals surface area contributed by atoms with Gasteiger partial charge in [-0.2, -0.15) is 0 Å². The molecule has 2 heterocycles. The maximum atomic E-state index is 12.1. The van der Waals surface area contributed by atoms with Crippen LogP contribution in [0.2, 0.25) is 0 Å². The molecule has 0 spiro atoms. The van der Waals surface area contributed by atoms with Crippen molar-refractivity contribution in [2.75, 3.05) is 6.79 Å². The molecule has 3 rings (SSSR count). The fourth-order valence-corrected chi connectivity index (χ4v) is 2.88. The fourth-order valence-electron chi connectivity index (χ4n) is 2.25. The van der Waals surface area contributed by atoms with E-state index in [-0.39, 0.29) is 12.7 Å². The molecule has 0 saturated heterocycles. The lowest BCUT2D eigenvalue weighted by atomic mass is 10.2. The lowest BCUT2D eigenvalue weighted by Crippen LogP contribution is -2.35. The molecular weight excluding hydrogens is 346 g/mol. The van der Waals surface area contributed by atoms with Crippen LogP contribution in [-0.2, 0) is 22.5 Å². The number of carbonyl (C=O) groups excluding carboxylic acids is 2. The van der Waals surface area contributed by atoms with Gasteiger partial charge in [0.25, 0.3) is 5.91 Å². The summed E-state index contributed by atoms with van der Waals surface area (Å²) in [7, 11) is 0. The Morgan fingerprint density at radius 2 is 2.16 bits per heavy atom. The molecule has 1 aromatic carbocycles. The van der Waals surface area contributed by atoms with Crippen LogP contribution in [0.3, 0.4) is 0 Å². The van der Waals surface area contributed by atoms with E-state index in [4.69, 9.17) is 14.2 Å². The van der Waals surface area contributed by atoms with Crippen LogP contribution in [0.1, 0.15) is 34.8 Å². The third-order valence-electron chi connectivity index (χ3n) is 3.63. The molecule has 1 aromatic heterocycles. The Morgan fingerprint density at radius 3 is 2.96 bits per heavy atom. The number of nitrogens with zero attached hydrogens (tertiary/aromatic N) is 2. The van der Waals surface area contributed by atoms with E-state index in [0.29, 0.717) is 35.0 Å². The van der Waals surface area contributed by atoms with Crippen molar-refractivity contribution < 1.29 is 23.8 Å². The minimum absolute atomic E-state index is 0.199. The highest BCUT2D eigenvalue weighted by atomic mass is 32.1. The van der Waals surface area contributed by atoms with Crippen LogP contribution in [0.5, 0.6) is 11.5 Å². The largest absolute Gasteiger partial charge is 0.454 e. The normalized spacial score (nSPS) is 13.4. The highest BCUT2D eigenvalue weighted by Gasteiger charge is 2.23. The average Bonchev–Trinajstić information content (AvgIpc) is 3.27. The summed E-state index contributed by atoms with van der Waals surface area (Å²) >= 11 is 0.964. The molecule has 1 N–H and O–H groups in total. The van der Waals surface area contributed by atoms with E-state index in [2.05, 4.69) is 14.9 Å². The molecule has 25 heavy (non-hydrogen) atoms. The lowest BCUT2D eigenvalue weighted by molar-refractivity contribution is -0.129. The Labute approximate surface area is 148 Å². The summed E-state index contributed by atoms with van der Waals surface area (Å²) in [4.78, 5) is 24.6. The van der Waals surface area contributed by atoms with Crippen molar-refractivity contribution in [2.24, 2.45) is 0 Å². The minimum Gasteiger partial charge on any atom is -0.454 e. The van der Waals surface area contributed by atoms with Gasteiger partial charge in [0.1, 0.15) is 0 Å². The molecule has 8 nitrogen and oxygen atoms in total. The van der Waals surface area contributed by atoms with Gasteiger partial charge in [-0.1, -0.05) is 17.5 Å². The van der Waals surface area contributed by atoms with Gasteiger partial charge >= 0.3 is 5.97 Å². The highest BCUT2D eigenvalue weighted by Crippen LogP contribution is 2.32. The first-order chi connectivity index (χ1) is 12.1. The van der Waals surface area contributed by atoms with Gasteiger partial charge in [-0.15, -0.1) is 5.10 Å². The molecule has 0 saturated carbocycles. The van der Waals surface area contributed by atoms with E-state index in [9.17, 15) is 9.59 Å². The molecule has 132 valence electrons. The average molecular weight is 363 g/mol. The first-order valence-corrected chi connectivity index (χ1v) is 8.54. The lowest BCUT2D eigenvalue weighted by Gasteiger charge is -2.13. The second-order valence-electron chi connectivity index (χ2n) is 5.36. The van der Waals surface area contributed by atoms with Crippen molar-refractivity contribution in [3.8, 4) is 11.5 Å². The summed E-state index contributed by atoms with van der Waals surface area (Å²) in [6.45, 7) is 3.88. The van der Waals surface area contributed by atoms with Crippen molar-refractivity contribution >= 4 is 23.4 Å². The Bertz CT molecular complexity index is 792. The zero-order chi connectivity index (χ0) is 17.8. The molecule has 0 fully saturated rings. The molecule has 9 heteroatoms. The quantitative estimate of drug-likeness (QED) is 0.780. The van der Waals surface area contributed by atoms with Crippen molar-refractivity contribution in [1.82, 2.24) is 14.9 Å². The molecule has 0 unspecified atom stereocenters. The molecule has 0 aliphatic carbocycles. The minimum atomic E-state index is -0.923. The Kier molecular flexibility index (Phi) is 5.13. The van der Waals surface area contributed by atoms with Crippen LogP contribution in [-0.4, -0.2) is 34.4 Å². The van der Waals surface area contributed by atoms with E-state index in [0.717, 1.165) is 17.1 Å². The van der Waals surface area contributed by atoms with Crippen LogP contribution < -0.4 is 14.8 Å². The molecule has 2 aromatic rings. The van der Waals surface area contributed by atoms with Gasteiger partial charge in [0.15, 0.2) is 22.5 Å². The summed E-state index contributed by atoms with van der Waals surface area (Å²) in [5, 5.41) is 6.59. The Morgan fingerprint density at radius 1 is 1.36 bits per heavy atom. The van der Waals surface area contributed by atoms with E-state index >= 15 is 0 Å². The number of ether oxygens (including phenoxy) is 3. The van der Waals surface area contributed by atoms with Gasteiger partial charge in [0.05, 0.1) is 5.69 Å². The summed E-state index contributed by atoms with van der Waals surface area (Å²) in [6.07, 6.45) is -0.348. The fraction of sp³-hybridized carbons (Fsp3) is 0.375. The number of carbonyl (C=O) groups is 2. The highest BCUT2D eigenvalue weighted by molar-refractivity contribution is 7.07. The van der Waals surface area contributed by atoms with Crippen molar-refractivity contribution in [2.45, 2.75) is 32.9 Å². The summed E-state index contributed by atoms with van der Waals surface area (Å²) in [5.74, 6) is 0.359. The molecule has 1 aliphatic rings. The number of esters is 1. The third-order valence-corrected chi connectivity index (χ3v) is 4.38. The van der Waals surface area contributed by atoms with E-state index in [1.165, 1.54) is 6.92 Å². The number of fused-ring (bicyclic) bond motifs is 1. The zero-order valence-corrected chi connectivity index (χ0v) is 14.6. The number of aryl methyl sites for hydroxylation is 1. The number of amides is 1. The van der Waals surface area contributed by atoms with E-state index in [1.54, 1.807) is 12.1 Å². The number of hydrogen-bond donors (Lipinski definition) is 1. The molecule has 0 radical (unpaired) electrons. The van der Waals surface area contributed by atoms with Crippen molar-refractivity contribution in [1.29, 1.82) is 0 Å². The van der Waals surface area contributed by atoms with E-state index in [1.807, 2.05) is 13.0 Å². The summed E-state index contributed by atoms with van der Waals surface area (Å²) < 4.78 is 19.5. The van der Waals surface area contributed by atoms with Crippen LogP contribution in [0.4, 0.5) is 0 Å². The van der Waals surface area contributed by atoms with Gasteiger partial charge in [0, 0.05) is 6.54 Å². The first kappa shape index (κ1) is 17.2. The van der Waals surface area contributed by atoms with Gasteiger partial charge in [0.2, 0.25) is 6.79 Å². The van der Waals surface area contributed by atoms with Crippen molar-refractivity contribution in [3.05, 3.63) is 34.3 Å². The number of benzene rings is 1. The maximum Gasteiger partial charge on any atom is 0.352 e. The molecule has 0 bridgehead atoms. The smallest absolute Gasteiger partial charge is 0.352 e. The van der Waals surface area contributed by atoms with Crippen LogP contribution in [0, 0.1) is 0 Å². The van der Waals surface area contributed by atoms with Gasteiger partial charge < -0.3 is 19.5 Å². The standard InChI is InChI=1S/C16H17N3O5S/c1-3-11-14(25-19-18-11)16(21)24-9(2)15(20)17-7-10-4-5-12-13(6-10)23-8-22-12/h4-6,9H,3,7-8H2,1-2H3,(H,17,20)/t9-/m0/s1. The van der Waals surface area contributed by atoms with Crippen LogP contribution in [0.25, 0.3) is 0 Å². The Balaban J connectivity index is 1.53. The number of hydrogen-bond acceptors (Lipinski definition) is 8. The Hall–Kier alpha value is -2.68. The van der Waals surface area contributed by atoms with E-state index < -0.39 is 12.1 Å². The van der Waals surface area contributed by atoms with Crippen molar-refractivity contribution in [3.63, 3.8) is 0 Å². The second-order valence-corrected chi connectivity index (χ2v) is 6.11. The molecule has 1 amide bonds. The third kappa shape index (κ3) is 3.87. The predicted molar refractivity (Wildman–Crippen MR) is 88.6 cm³/mol. The first-order valence-electron chi connectivity index (χ1n) is 7.77. The second kappa shape index (κ2) is 7.47. The number of nitrogens with one attached hydrogen (secondary N) is 1. The maximum absolute atomic E-state index is 12.1. The van der Waals surface area contributed by atoms with Crippen LogP contribution >= 0.6 is 11.5 Å². The van der Waals surface area contributed by atoms with Gasteiger partial charge in [-0.05, 0) is 42.6 Å². The summed E-state index contributed by atoms with van der Waals surface area (Å²) in [5.41, 5.74) is 1.43. The van der Waals surface area contributed by atoms with Gasteiger partial charge in [-0.25, -0.2) is 4.79 Å². The van der Waals surface area contributed by atoms with Gasteiger partial charge in [-0.3, -0.25) is 4.79 Å². The predicted octanol–water partition coefficient (Wildman–Crippen LogP) is 1.69. The SMILES string of the molecule is CCc1nnsc1C(=O)O[C@@H](C)C(=O)NCc1ccc2c(c1)OCO2.